The molecule has 0 saturated carbocycles. The molecule has 0 atom stereocenters. The Kier molecular flexibility index (Phi) is 7.04. The van der Waals surface area contributed by atoms with Crippen molar-refractivity contribution in [2.45, 2.75) is 104 Å². The molecule has 0 N–H and O–H groups in total. The molecule has 310 valence electrons. The summed E-state index contributed by atoms with van der Waals surface area (Å²) < 4.78 is 16.1. The molecule has 63 heavy (non-hydrogen) atoms. The van der Waals surface area contributed by atoms with Crippen molar-refractivity contribution in [2.75, 3.05) is 4.81 Å². The summed E-state index contributed by atoms with van der Waals surface area (Å²) in [4.78, 5) is 2.67. The van der Waals surface area contributed by atoms with Gasteiger partial charge in [0.05, 0.1) is 11.0 Å². The molecule has 0 fully saturated rings. The number of anilines is 2. The molecule has 10 aromatic rings. The second kappa shape index (κ2) is 11.9. The van der Waals surface area contributed by atoms with Crippen molar-refractivity contribution >= 4 is 94.8 Å². The average Bonchev–Trinajstić information content (AvgIpc) is 3.90. The van der Waals surface area contributed by atoms with Crippen LogP contribution in [0.1, 0.15) is 104 Å². The zero-order chi connectivity index (χ0) is 43.3. The van der Waals surface area contributed by atoms with Crippen molar-refractivity contribution in [2.24, 2.45) is 0 Å². The number of nitrogens with zero attached hydrogens (tertiary/aromatic N) is 2. The lowest BCUT2D eigenvalue weighted by molar-refractivity contribution is 0.332. The van der Waals surface area contributed by atoms with Crippen LogP contribution in [0.15, 0.2) is 124 Å². The van der Waals surface area contributed by atoms with Gasteiger partial charge in [-0.15, -0.1) is 0 Å². The van der Waals surface area contributed by atoms with Gasteiger partial charge < -0.3 is 18.2 Å². The number of hydrogen-bond acceptors (Lipinski definition) is 3. The number of aromatic nitrogens is 1. The predicted molar refractivity (Wildman–Crippen MR) is 267 cm³/mol. The highest BCUT2D eigenvalue weighted by Crippen LogP contribution is 2.51. The minimum atomic E-state index is -0.0854. The smallest absolute Gasteiger partial charge is 0.333 e. The fourth-order valence-electron chi connectivity index (χ4n) is 11.8. The lowest BCUT2D eigenvalue weighted by Crippen LogP contribution is -2.60. The monoisotopic (exact) mass is 820 g/mol. The van der Waals surface area contributed by atoms with E-state index in [0.717, 1.165) is 33.1 Å². The average molecular weight is 821 g/mol. The molecule has 5 heteroatoms. The summed E-state index contributed by atoms with van der Waals surface area (Å²) in [6.45, 7) is 23.5. The van der Waals surface area contributed by atoms with E-state index in [1.807, 2.05) is 0 Å². The van der Waals surface area contributed by atoms with Crippen molar-refractivity contribution < 1.29 is 8.83 Å². The molecule has 7 aromatic carbocycles. The Bertz CT molecular complexity index is 3650. The van der Waals surface area contributed by atoms with Crippen molar-refractivity contribution in [3.63, 3.8) is 0 Å². The van der Waals surface area contributed by atoms with Gasteiger partial charge in [-0.2, -0.15) is 0 Å². The van der Waals surface area contributed by atoms with Crippen LogP contribution in [-0.4, -0.2) is 11.4 Å². The van der Waals surface area contributed by atoms with E-state index in [4.69, 9.17) is 8.83 Å². The molecular weight excluding hydrogens is 767 g/mol. The molecule has 0 spiro atoms. The maximum atomic E-state index is 7.00. The molecule has 0 bridgehead atoms. The van der Waals surface area contributed by atoms with Crippen molar-refractivity contribution in [1.82, 2.24) is 4.57 Å². The molecule has 5 heterocycles. The Balaban J connectivity index is 1.17. The first-order chi connectivity index (χ1) is 30.0. The number of benzene rings is 7. The zero-order valence-corrected chi connectivity index (χ0v) is 38.2. The first-order valence-electron chi connectivity index (χ1n) is 23.0. The summed E-state index contributed by atoms with van der Waals surface area (Å²) >= 11 is 0. The van der Waals surface area contributed by atoms with E-state index in [9.17, 15) is 0 Å². The Hall–Kier alpha value is -6.20. The summed E-state index contributed by atoms with van der Waals surface area (Å²) in [6.07, 6.45) is 2.34. The number of rotatable bonds is 1. The number of fused-ring (bicyclic) bond motifs is 15. The molecule has 3 aliphatic rings. The van der Waals surface area contributed by atoms with Crippen LogP contribution in [0.5, 0.6) is 0 Å². The predicted octanol–water partition coefficient (Wildman–Crippen LogP) is 14.8. The summed E-state index contributed by atoms with van der Waals surface area (Å²) in [5, 5.41) is 7.13. The maximum absolute atomic E-state index is 7.00. The van der Waals surface area contributed by atoms with Crippen LogP contribution in [0, 0.1) is 0 Å². The number of hydrogen-bond donors (Lipinski definition) is 0. The van der Waals surface area contributed by atoms with E-state index in [0.29, 0.717) is 0 Å². The second-order valence-corrected chi connectivity index (χ2v) is 22.4. The Labute approximate surface area is 369 Å². The quantitative estimate of drug-likeness (QED) is 0.155. The topological polar surface area (TPSA) is 34.5 Å². The van der Waals surface area contributed by atoms with Gasteiger partial charge in [0.2, 0.25) is 0 Å². The third-order valence-corrected chi connectivity index (χ3v) is 15.5. The van der Waals surface area contributed by atoms with Gasteiger partial charge >= 0.3 is 6.85 Å². The standard InChI is InChI=1S/C58H53BN2O2/c1-55(2,3)32-15-18-34(19-16-32)61-48-28-42-40-26-43-44(58(9,10)24-23-57(43,7)8)31-52(40)63-51(42)29-38(48)36-20-21-37-39-30-50-41(35-13-11-12-14-49(35)62-50)27-47(39)60-46-22-17-33(56(4,5)6)25-45(46)59(61)53(36)54(37)60/h11-22,25-31H,23-24H2,1-10H3. The number of furan rings is 2. The van der Waals surface area contributed by atoms with Gasteiger partial charge in [-0.25, -0.2) is 0 Å². The van der Waals surface area contributed by atoms with Crippen molar-refractivity contribution in [3.05, 3.63) is 138 Å². The molecule has 0 radical (unpaired) electrons. The van der Waals surface area contributed by atoms with Gasteiger partial charge in [0.25, 0.3) is 0 Å². The van der Waals surface area contributed by atoms with Crippen LogP contribution in [0.4, 0.5) is 11.4 Å². The molecular formula is C58H53BN2O2. The zero-order valence-electron chi connectivity index (χ0n) is 38.2. The van der Waals surface area contributed by atoms with Crippen LogP contribution in [-0.2, 0) is 21.7 Å². The second-order valence-electron chi connectivity index (χ2n) is 22.4. The van der Waals surface area contributed by atoms with Gasteiger partial charge in [-0.1, -0.05) is 124 Å². The lowest BCUT2D eigenvalue weighted by Gasteiger charge is -2.42. The van der Waals surface area contributed by atoms with E-state index in [-0.39, 0.29) is 28.5 Å². The van der Waals surface area contributed by atoms with E-state index >= 15 is 0 Å². The van der Waals surface area contributed by atoms with E-state index in [1.165, 1.54) is 107 Å². The fraction of sp³-hybridized carbons (Fsp3) is 0.276. The first-order valence-corrected chi connectivity index (χ1v) is 23.0. The third kappa shape index (κ3) is 5.00. The Morgan fingerprint density at radius 3 is 1.89 bits per heavy atom. The van der Waals surface area contributed by atoms with E-state index < -0.39 is 0 Å². The van der Waals surface area contributed by atoms with E-state index in [2.05, 4.69) is 194 Å². The van der Waals surface area contributed by atoms with Gasteiger partial charge in [-0.3, -0.25) is 0 Å². The molecule has 1 aliphatic carbocycles. The molecule has 2 aliphatic heterocycles. The van der Waals surface area contributed by atoms with Crippen LogP contribution >= 0.6 is 0 Å². The van der Waals surface area contributed by atoms with Gasteiger partial charge in [0.15, 0.2) is 0 Å². The maximum Gasteiger partial charge on any atom is 0.333 e. The summed E-state index contributed by atoms with van der Waals surface area (Å²) in [5.74, 6) is 0. The normalized spacial score (nSPS) is 16.5. The summed E-state index contributed by atoms with van der Waals surface area (Å²) in [7, 11) is 0. The van der Waals surface area contributed by atoms with Crippen molar-refractivity contribution in [3.8, 4) is 16.8 Å². The highest BCUT2D eigenvalue weighted by atomic mass is 16.3. The minimum Gasteiger partial charge on any atom is -0.456 e. The van der Waals surface area contributed by atoms with Crippen LogP contribution in [0.2, 0.25) is 0 Å². The van der Waals surface area contributed by atoms with Crippen LogP contribution < -0.4 is 15.7 Å². The highest BCUT2D eigenvalue weighted by Gasteiger charge is 2.45. The Morgan fingerprint density at radius 1 is 0.508 bits per heavy atom. The molecule has 3 aromatic heterocycles. The van der Waals surface area contributed by atoms with Gasteiger partial charge in [-0.05, 0) is 134 Å². The molecule has 13 rings (SSSR count). The molecule has 4 nitrogen and oxygen atoms in total. The van der Waals surface area contributed by atoms with Crippen LogP contribution in [0.25, 0.3) is 82.5 Å². The lowest BCUT2D eigenvalue weighted by atomic mass is 9.43. The number of para-hydroxylation sites is 1. The van der Waals surface area contributed by atoms with Gasteiger partial charge in [0, 0.05) is 54.9 Å². The Morgan fingerprint density at radius 2 is 1.14 bits per heavy atom. The van der Waals surface area contributed by atoms with E-state index in [1.54, 1.807) is 0 Å². The van der Waals surface area contributed by atoms with Crippen molar-refractivity contribution in [1.29, 1.82) is 0 Å². The van der Waals surface area contributed by atoms with Crippen LogP contribution in [0.3, 0.4) is 0 Å². The minimum absolute atomic E-state index is 0.0327. The third-order valence-electron chi connectivity index (χ3n) is 15.5. The molecule has 0 unspecified atom stereocenters. The SMILES string of the molecule is CC(C)(C)c1ccc(N2B3c4cc(C(C)(C)C)ccc4-n4c5cc6c(cc5c5ccc(c3c54)-c3cc4oc5cc7c(cc5c4cc32)C(C)(C)CCC7(C)C)oc2ccccc26)cc1. The largest absolute Gasteiger partial charge is 0.456 e. The summed E-state index contributed by atoms with van der Waals surface area (Å²) in [5.41, 5.74) is 20.7. The van der Waals surface area contributed by atoms with Gasteiger partial charge in [0.1, 0.15) is 22.3 Å². The highest BCUT2D eigenvalue weighted by molar-refractivity contribution is 6.93. The summed E-state index contributed by atoms with van der Waals surface area (Å²) in [6, 6.07) is 44.3. The molecule has 0 saturated heterocycles. The molecule has 0 amide bonds. The fourth-order valence-corrected chi connectivity index (χ4v) is 11.8. The first kappa shape index (κ1) is 37.4.